The lowest BCUT2D eigenvalue weighted by molar-refractivity contribution is -0.392. The molecule has 18 heavy (non-hydrogen) atoms. The second-order valence-electron chi connectivity index (χ2n) is 5.34. The van der Waals surface area contributed by atoms with Crippen LogP contribution in [0.5, 0.6) is 0 Å². The highest BCUT2D eigenvalue weighted by Crippen LogP contribution is 2.32. The van der Waals surface area contributed by atoms with Gasteiger partial charge in [-0.1, -0.05) is 18.2 Å². The van der Waals surface area contributed by atoms with Gasteiger partial charge in [0.1, 0.15) is 0 Å². The lowest BCUT2D eigenvalue weighted by Gasteiger charge is -2.44. The smallest absolute Gasteiger partial charge is 0.168 e. The van der Waals surface area contributed by atoms with E-state index in [0.29, 0.717) is 5.92 Å². The molecule has 0 N–H and O–H groups in total. The highest BCUT2D eigenvalue weighted by molar-refractivity contribution is 5.53. The standard InChI is InChI=1S/C15H21NO2/c1-11-6-3-4-8-14(11)16-9-5-7-13(10-16)15-17-12(2)18-15/h3-4,6,8,12-13,15H,5,7,9-10H2,1-2H3. The Kier molecular flexibility index (Phi) is 3.27. The molecule has 2 saturated heterocycles. The molecule has 0 spiro atoms. The van der Waals surface area contributed by atoms with Crippen molar-refractivity contribution in [3.8, 4) is 0 Å². The van der Waals surface area contributed by atoms with E-state index in [0.717, 1.165) is 13.1 Å². The first kappa shape index (κ1) is 12.0. The minimum atomic E-state index is -0.0103. The van der Waals surface area contributed by atoms with Crippen molar-refractivity contribution >= 4 is 5.69 Å². The van der Waals surface area contributed by atoms with Crippen molar-refractivity contribution in [2.24, 2.45) is 5.92 Å². The molecule has 0 bridgehead atoms. The molecule has 0 amide bonds. The summed E-state index contributed by atoms with van der Waals surface area (Å²) in [5, 5.41) is 0. The third-order valence-corrected chi connectivity index (χ3v) is 3.95. The van der Waals surface area contributed by atoms with Crippen LogP contribution in [0.3, 0.4) is 0 Å². The van der Waals surface area contributed by atoms with Gasteiger partial charge >= 0.3 is 0 Å². The predicted octanol–water partition coefficient (Wildman–Crippen LogP) is 2.93. The fourth-order valence-corrected chi connectivity index (χ4v) is 2.98. The molecule has 1 aromatic carbocycles. The van der Waals surface area contributed by atoms with Crippen molar-refractivity contribution in [2.75, 3.05) is 18.0 Å². The number of nitrogens with zero attached hydrogens (tertiary/aromatic N) is 1. The van der Waals surface area contributed by atoms with Crippen LogP contribution < -0.4 is 4.90 Å². The second-order valence-corrected chi connectivity index (χ2v) is 5.34. The molecule has 0 aromatic heterocycles. The number of para-hydroxylation sites is 1. The first-order chi connectivity index (χ1) is 8.74. The number of ether oxygens (including phenoxy) is 2. The first-order valence-corrected chi connectivity index (χ1v) is 6.85. The summed E-state index contributed by atoms with van der Waals surface area (Å²) in [4.78, 5) is 2.47. The van der Waals surface area contributed by atoms with E-state index in [2.05, 4.69) is 36.1 Å². The number of hydrogen-bond acceptors (Lipinski definition) is 3. The summed E-state index contributed by atoms with van der Waals surface area (Å²) < 4.78 is 11.3. The van der Waals surface area contributed by atoms with Gasteiger partial charge in [0, 0.05) is 24.7 Å². The Labute approximate surface area is 109 Å². The molecule has 1 unspecified atom stereocenters. The number of anilines is 1. The Morgan fingerprint density at radius 3 is 2.72 bits per heavy atom. The molecule has 98 valence electrons. The topological polar surface area (TPSA) is 21.7 Å². The third-order valence-electron chi connectivity index (χ3n) is 3.95. The van der Waals surface area contributed by atoms with Crippen LogP contribution in [-0.2, 0) is 9.47 Å². The number of piperidine rings is 1. The van der Waals surface area contributed by atoms with Gasteiger partial charge in [-0.15, -0.1) is 0 Å². The SMILES string of the molecule is Cc1ccccc1N1CCCC(C2OC(C)O2)C1. The molecule has 2 aliphatic heterocycles. The van der Waals surface area contributed by atoms with Crippen molar-refractivity contribution in [1.29, 1.82) is 0 Å². The summed E-state index contributed by atoms with van der Waals surface area (Å²) in [6.45, 7) is 6.32. The Balaban J connectivity index is 1.69. The van der Waals surface area contributed by atoms with Crippen LogP contribution in [0.4, 0.5) is 5.69 Å². The van der Waals surface area contributed by atoms with Gasteiger partial charge in [0.2, 0.25) is 0 Å². The Morgan fingerprint density at radius 1 is 1.22 bits per heavy atom. The van der Waals surface area contributed by atoms with Gasteiger partial charge in [-0.05, 0) is 38.3 Å². The van der Waals surface area contributed by atoms with Crippen molar-refractivity contribution in [3.05, 3.63) is 29.8 Å². The Hall–Kier alpha value is -1.06. The maximum absolute atomic E-state index is 5.64. The molecule has 1 atom stereocenters. The monoisotopic (exact) mass is 247 g/mol. The molecule has 2 aliphatic rings. The van der Waals surface area contributed by atoms with Crippen LogP contribution in [0.2, 0.25) is 0 Å². The quantitative estimate of drug-likeness (QED) is 0.802. The summed E-state index contributed by atoms with van der Waals surface area (Å²) in [7, 11) is 0. The third kappa shape index (κ3) is 2.25. The zero-order valence-corrected chi connectivity index (χ0v) is 11.1. The highest BCUT2D eigenvalue weighted by atomic mass is 16.9. The van der Waals surface area contributed by atoms with Gasteiger partial charge < -0.3 is 14.4 Å². The van der Waals surface area contributed by atoms with Gasteiger partial charge in [-0.3, -0.25) is 0 Å². The Morgan fingerprint density at radius 2 is 2.00 bits per heavy atom. The molecule has 1 aromatic rings. The minimum Gasteiger partial charge on any atom is -0.371 e. The van der Waals surface area contributed by atoms with Gasteiger partial charge in [0.25, 0.3) is 0 Å². The molecule has 0 saturated carbocycles. The van der Waals surface area contributed by atoms with Crippen LogP contribution in [0.1, 0.15) is 25.3 Å². The summed E-state index contributed by atoms with van der Waals surface area (Å²) in [5.74, 6) is 0.509. The van der Waals surface area contributed by atoms with Crippen LogP contribution in [0.15, 0.2) is 24.3 Å². The lowest BCUT2D eigenvalue weighted by atomic mass is 9.95. The number of rotatable bonds is 2. The fourth-order valence-electron chi connectivity index (χ4n) is 2.98. The van der Waals surface area contributed by atoms with E-state index in [1.807, 2.05) is 6.92 Å². The molecule has 3 rings (SSSR count). The van der Waals surface area contributed by atoms with E-state index >= 15 is 0 Å². The normalized spacial score (nSPS) is 32.1. The predicted molar refractivity (Wildman–Crippen MR) is 71.5 cm³/mol. The average molecular weight is 247 g/mol. The summed E-state index contributed by atoms with van der Waals surface area (Å²) in [6.07, 6.45) is 2.44. The van der Waals surface area contributed by atoms with Crippen LogP contribution in [0.25, 0.3) is 0 Å². The van der Waals surface area contributed by atoms with E-state index in [9.17, 15) is 0 Å². The maximum atomic E-state index is 5.64. The first-order valence-electron chi connectivity index (χ1n) is 6.85. The van der Waals surface area contributed by atoms with E-state index in [1.165, 1.54) is 24.1 Å². The Bertz CT molecular complexity index is 415. The minimum absolute atomic E-state index is 0.0103. The lowest BCUT2D eigenvalue weighted by Crippen LogP contribution is -2.50. The number of aryl methyl sites for hydroxylation is 1. The van der Waals surface area contributed by atoms with E-state index in [-0.39, 0.29) is 12.6 Å². The maximum Gasteiger partial charge on any atom is 0.168 e. The zero-order valence-electron chi connectivity index (χ0n) is 11.1. The molecule has 0 aliphatic carbocycles. The van der Waals surface area contributed by atoms with Gasteiger partial charge in [0.15, 0.2) is 12.6 Å². The molecule has 2 heterocycles. The van der Waals surface area contributed by atoms with Crippen LogP contribution in [0, 0.1) is 12.8 Å². The highest BCUT2D eigenvalue weighted by Gasteiger charge is 2.37. The number of benzene rings is 1. The number of hydrogen-bond donors (Lipinski definition) is 0. The largest absolute Gasteiger partial charge is 0.371 e. The van der Waals surface area contributed by atoms with E-state index in [1.54, 1.807) is 0 Å². The molecule has 2 fully saturated rings. The van der Waals surface area contributed by atoms with Crippen molar-refractivity contribution in [2.45, 2.75) is 39.3 Å². The fraction of sp³-hybridized carbons (Fsp3) is 0.600. The summed E-state index contributed by atoms with van der Waals surface area (Å²) >= 11 is 0. The molecular formula is C15H21NO2. The van der Waals surface area contributed by atoms with Gasteiger partial charge in [-0.2, -0.15) is 0 Å². The second kappa shape index (κ2) is 4.90. The van der Waals surface area contributed by atoms with Crippen molar-refractivity contribution < 1.29 is 9.47 Å². The molecular weight excluding hydrogens is 226 g/mol. The summed E-state index contributed by atoms with van der Waals surface area (Å²) in [5.41, 5.74) is 2.71. The average Bonchev–Trinajstić information content (AvgIpc) is 2.36. The van der Waals surface area contributed by atoms with Crippen molar-refractivity contribution in [3.63, 3.8) is 0 Å². The van der Waals surface area contributed by atoms with Crippen LogP contribution in [-0.4, -0.2) is 25.7 Å². The summed E-state index contributed by atoms with van der Waals surface area (Å²) in [6, 6.07) is 8.60. The molecule has 0 radical (unpaired) electrons. The van der Waals surface area contributed by atoms with Crippen molar-refractivity contribution in [1.82, 2.24) is 0 Å². The van der Waals surface area contributed by atoms with E-state index < -0.39 is 0 Å². The van der Waals surface area contributed by atoms with E-state index in [4.69, 9.17) is 9.47 Å². The van der Waals surface area contributed by atoms with Gasteiger partial charge in [0.05, 0.1) is 0 Å². The van der Waals surface area contributed by atoms with Crippen LogP contribution >= 0.6 is 0 Å². The van der Waals surface area contributed by atoms with Gasteiger partial charge in [-0.25, -0.2) is 0 Å². The molecule has 3 nitrogen and oxygen atoms in total. The zero-order chi connectivity index (χ0) is 12.5. The molecule has 3 heteroatoms.